The lowest BCUT2D eigenvalue weighted by Crippen LogP contribution is -2.20. The molecule has 0 aliphatic heterocycles. The topological polar surface area (TPSA) is 55.4 Å². The predicted molar refractivity (Wildman–Crippen MR) is 89.2 cm³/mol. The molecular weight excluding hydrogens is 370 g/mol. The van der Waals surface area contributed by atoms with E-state index in [4.69, 9.17) is 16.3 Å². The SMILES string of the molecule is Cc1ccc(NC(=O)COC(=O)c2ccc(Br)cc2)cc1Cl. The van der Waals surface area contributed by atoms with Crippen molar-refractivity contribution in [1.29, 1.82) is 0 Å². The Morgan fingerprint density at radius 1 is 1.18 bits per heavy atom. The third kappa shape index (κ3) is 4.58. The standard InChI is InChI=1S/C16H13BrClNO3/c1-10-2-7-13(8-14(10)18)19-15(20)9-22-16(21)11-3-5-12(17)6-4-11/h2-8H,9H2,1H3,(H,19,20). The van der Waals surface area contributed by atoms with E-state index in [1.54, 1.807) is 42.5 Å². The van der Waals surface area contributed by atoms with Gasteiger partial charge in [-0.15, -0.1) is 0 Å². The lowest BCUT2D eigenvalue weighted by molar-refractivity contribution is -0.119. The van der Waals surface area contributed by atoms with Crippen LogP contribution in [-0.2, 0) is 9.53 Å². The van der Waals surface area contributed by atoms with E-state index >= 15 is 0 Å². The highest BCUT2D eigenvalue weighted by atomic mass is 79.9. The quantitative estimate of drug-likeness (QED) is 0.806. The van der Waals surface area contributed by atoms with E-state index in [-0.39, 0.29) is 6.61 Å². The van der Waals surface area contributed by atoms with Crippen LogP contribution in [0.25, 0.3) is 0 Å². The van der Waals surface area contributed by atoms with Gasteiger partial charge >= 0.3 is 5.97 Å². The number of anilines is 1. The van der Waals surface area contributed by atoms with Gasteiger partial charge < -0.3 is 10.1 Å². The van der Waals surface area contributed by atoms with E-state index in [1.807, 2.05) is 6.92 Å². The first-order valence-corrected chi connectivity index (χ1v) is 7.61. The summed E-state index contributed by atoms with van der Waals surface area (Å²) in [6, 6.07) is 11.9. The van der Waals surface area contributed by atoms with Gasteiger partial charge in [-0.2, -0.15) is 0 Å². The second kappa shape index (κ2) is 7.42. The molecule has 4 nitrogen and oxygen atoms in total. The van der Waals surface area contributed by atoms with Gasteiger partial charge in [-0.25, -0.2) is 4.79 Å². The molecule has 6 heteroatoms. The van der Waals surface area contributed by atoms with Crippen molar-refractivity contribution in [3.8, 4) is 0 Å². The Bertz CT molecular complexity index is 701. The summed E-state index contributed by atoms with van der Waals surface area (Å²) in [7, 11) is 0. The second-order valence-corrected chi connectivity index (χ2v) is 5.92. The highest BCUT2D eigenvalue weighted by Crippen LogP contribution is 2.19. The third-order valence-corrected chi connectivity index (χ3v) is 3.81. The molecule has 0 saturated heterocycles. The van der Waals surface area contributed by atoms with Crippen LogP contribution in [0.3, 0.4) is 0 Å². The first-order valence-electron chi connectivity index (χ1n) is 6.44. The van der Waals surface area contributed by atoms with Gasteiger partial charge in [-0.05, 0) is 48.9 Å². The van der Waals surface area contributed by atoms with Gasteiger partial charge in [0, 0.05) is 15.2 Å². The maximum atomic E-state index is 11.8. The Morgan fingerprint density at radius 3 is 2.50 bits per heavy atom. The number of esters is 1. The van der Waals surface area contributed by atoms with Gasteiger partial charge in [0.05, 0.1) is 5.56 Å². The fourth-order valence-corrected chi connectivity index (χ4v) is 2.11. The number of carbonyl (C=O) groups is 2. The molecule has 0 atom stereocenters. The molecule has 22 heavy (non-hydrogen) atoms. The third-order valence-electron chi connectivity index (χ3n) is 2.87. The number of hydrogen-bond donors (Lipinski definition) is 1. The number of rotatable bonds is 4. The number of carbonyl (C=O) groups excluding carboxylic acids is 2. The molecular formula is C16H13BrClNO3. The molecule has 2 aromatic rings. The van der Waals surface area contributed by atoms with Crippen LogP contribution in [0.4, 0.5) is 5.69 Å². The summed E-state index contributed by atoms with van der Waals surface area (Å²) in [5, 5.41) is 3.18. The van der Waals surface area contributed by atoms with Crippen LogP contribution in [0.2, 0.25) is 5.02 Å². The van der Waals surface area contributed by atoms with Crippen LogP contribution in [0, 0.1) is 6.92 Å². The smallest absolute Gasteiger partial charge is 0.338 e. The molecule has 2 aromatic carbocycles. The fourth-order valence-electron chi connectivity index (χ4n) is 1.67. The Labute approximate surface area is 141 Å². The highest BCUT2D eigenvalue weighted by Gasteiger charge is 2.10. The minimum absolute atomic E-state index is 0.361. The lowest BCUT2D eigenvalue weighted by atomic mass is 10.2. The van der Waals surface area contributed by atoms with Crippen molar-refractivity contribution in [1.82, 2.24) is 0 Å². The van der Waals surface area contributed by atoms with Gasteiger partial charge in [0.25, 0.3) is 5.91 Å². The Kier molecular flexibility index (Phi) is 5.57. The number of ether oxygens (including phenoxy) is 1. The predicted octanol–water partition coefficient (Wildman–Crippen LogP) is 4.21. The van der Waals surface area contributed by atoms with Crippen LogP contribution < -0.4 is 5.32 Å². The highest BCUT2D eigenvalue weighted by molar-refractivity contribution is 9.10. The zero-order valence-electron chi connectivity index (χ0n) is 11.7. The number of amides is 1. The summed E-state index contributed by atoms with van der Waals surface area (Å²) < 4.78 is 5.82. The van der Waals surface area contributed by atoms with E-state index < -0.39 is 11.9 Å². The number of hydrogen-bond acceptors (Lipinski definition) is 3. The lowest BCUT2D eigenvalue weighted by Gasteiger charge is -2.08. The van der Waals surface area contributed by atoms with E-state index in [9.17, 15) is 9.59 Å². The number of aryl methyl sites for hydroxylation is 1. The molecule has 0 aliphatic rings. The molecule has 0 aromatic heterocycles. The molecule has 0 bridgehead atoms. The fraction of sp³-hybridized carbons (Fsp3) is 0.125. The van der Waals surface area contributed by atoms with Gasteiger partial charge in [-0.1, -0.05) is 33.6 Å². The van der Waals surface area contributed by atoms with Crippen LogP contribution in [0.15, 0.2) is 46.9 Å². The van der Waals surface area contributed by atoms with Crippen LogP contribution in [-0.4, -0.2) is 18.5 Å². The summed E-state index contributed by atoms with van der Waals surface area (Å²) in [5.41, 5.74) is 1.86. The van der Waals surface area contributed by atoms with Crippen LogP contribution >= 0.6 is 27.5 Å². The van der Waals surface area contributed by atoms with Crippen molar-refractivity contribution in [2.45, 2.75) is 6.92 Å². The van der Waals surface area contributed by atoms with Crippen LogP contribution in [0.5, 0.6) is 0 Å². The zero-order valence-corrected chi connectivity index (χ0v) is 14.1. The average molecular weight is 383 g/mol. The summed E-state index contributed by atoms with van der Waals surface area (Å²) in [6.45, 7) is 1.51. The Morgan fingerprint density at radius 2 is 1.86 bits per heavy atom. The van der Waals surface area contributed by atoms with Gasteiger partial charge in [0.15, 0.2) is 6.61 Å². The summed E-state index contributed by atoms with van der Waals surface area (Å²) >= 11 is 9.25. The monoisotopic (exact) mass is 381 g/mol. The molecule has 1 N–H and O–H groups in total. The largest absolute Gasteiger partial charge is 0.452 e. The summed E-state index contributed by atoms with van der Waals surface area (Å²) in [5.74, 6) is -0.977. The van der Waals surface area contributed by atoms with E-state index in [1.165, 1.54) is 0 Å². The Balaban J connectivity index is 1.88. The molecule has 0 fully saturated rings. The normalized spacial score (nSPS) is 10.1. The summed E-state index contributed by atoms with van der Waals surface area (Å²) in [4.78, 5) is 23.5. The zero-order chi connectivity index (χ0) is 16.1. The minimum Gasteiger partial charge on any atom is -0.452 e. The van der Waals surface area contributed by atoms with Gasteiger partial charge in [0.1, 0.15) is 0 Å². The second-order valence-electron chi connectivity index (χ2n) is 4.60. The minimum atomic E-state index is -0.551. The van der Waals surface area contributed by atoms with E-state index in [0.717, 1.165) is 10.0 Å². The Hall–Kier alpha value is -1.85. The first-order chi connectivity index (χ1) is 10.5. The van der Waals surface area contributed by atoms with Crippen molar-refractivity contribution in [3.05, 3.63) is 63.1 Å². The molecule has 0 saturated carbocycles. The maximum Gasteiger partial charge on any atom is 0.338 e. The number of halogens is 2. The summed E-state index contributed by atoms with van der Waals surface area (Å²) in [6.07, 6.45) is 0. The van der Waals surface area contributed by atoms with Crippen LogP contribution in [0.1, 0.15) is 15.9 Å². The molecule has 0 aliphatic carbocycles. The van der Waals surface area contributed by atoms with Crippen molar-refractivity contribution >= 4 is 45.1 Å². The number of nitrogens with one attached hydrogen (secondary N) is 1. The maximum absolute atomic E-state index is 11.8. The first kappa shape index (κ1) is 16.5. The molecule has 1 amide bonds. The van der Waals surface area contributed by atoms with Gasteiger partial charge in [-0.3, -0.25) is 4.79 Å². The van der Waals surface area contributed by atoms with Crippen molar-refractivity contribution in [3.63, 3.8) is 0 Å². The molecule has 114 valence electrons. The number of benzene rings is 2. The van der Waals surface area contributed by atoms with E-state index in [0.29, 0.717) is 16.3 Å². The van der Waals surface area contributed by atoms with Crippen molar-refractivity contribution in [2.24, 2.45) is 0 Å². The van der Waals surface area contributed by atoms with Crippen molar-refractivity contribution < 1.29 is 14.3 Å². The van der Waals surface area contributed by atoms with E-state index in [2.05, 4.69) is 21.2 Å². The molecule has 0 unspecified atom stereocenters. The van der Waals surface area contributed by atoms with Crippen molar-refractivity contribution in [2.75, 3.05) is 11.9 Å². The molecule has 0 heterocycles. The molecule has 2 rings (SSSR count). The molecule has 0 radical (unpaired) electrons. The average Bonchev–Trinajstić information content (AvgIpc) is 2.49. The molecule has 0 spiro atoms. The van der Waals surface area contributed by atoms with Gasteiger partial charge in [0.2, 0.25) is 0 Å².